The summed E-state index contributed by atoms with van der Waals surface area (Å²) in [6.07, 6.45) is 2.10. The number of halogens is 2. The average molecular weight is 555 g/mol. The quantitative estimate of drug-likeness (QED) is 0.430. The van der Waals surface area contributed by atoms with Gasteiger partial charge >= 0.3 is 27.9 Å². The van der Waals surface area contributed by atoms with Crippen molar-refractivity contribution >= 4 is 34.6 Å². The van der Waals surface area contributed by atoms with Gasteiger partial charge in [0.15, 0.2) is 5.82 Å². The highest BCUT2D eigenvalue weighted by atomic mass is 35.5. The molecular formula is C22H24ClFN6O6S. The predicted molar refractivity (Wildman–Crippen MR) is 133 cm³/mol. The fraction of sp³-hybridized carbons (Fsp3) is 0.455. The van der Waals surface area contributed by atoms with Gasteiger partial charge in [0.2, 0.25) is 4.80 Å². The van der Waals surface area contributed by atoms with Crippen molar-refractivity contribution in [1.82, 2.24) is 23.1 Å². The molecule has 2 aromatic heterocycles. The number of hydrogen-bond donors (Lipinski definition) is 0. The van der Waals surface area contributed by atoms with E-state index in [2.05, 4.69) is 4.99 Å². The van der Waals surface area contributed by atoms with Crippen LogP contribution in [0.15, 0.2) is 36.3 Å². The predicted octanol–water partition coefficient (Wildman–Crippen LogP) is 0.883. The number of aromatic nitrogens is 5. The molecule has 0 N–H and O–H groups in total. The largest absolute Gasteiger partial charge is 0.462 e. The number of carbonyl (C=O) groups excluding carboxylic acids is 1. The van der Waals surface area contributed by atoms with Crippen LogP contribution in [-0.2, 0) is 36.2 Å². The number of esters is 1. The third-order valence-corrected chi connectivity index (χ3v) is 6.86. The Hall–Kier alpha value is -3.52. The molecule has 1 aromatic carbocycles. The summed E-state index contributed by atoms with van der Waals surface area (Å²) in [4.78, 5) is 67.6. The third-order valence-electron chi connectivity index (χ3n) is 5.69. The van der Waals surface area contributed by atoms with Crippen molar-refractivity contribution in [3.8, 4) is 5.69 Å². The van der Waals surface area contributed by atoms with Crippen molar-refractivity contribution in [1.29, 1.82) is 0 Å². The molecule has 0 saturated carbocycles. The molecule has 0 amide bonds. The van der Waals surface area contributed by atoms with Crippen LogP contribution in [-0.4, -0.2) is 35.1 Å². The van der Waals surface area contributed by atoms with Crippen molar-refractivity contribution in [3.05, 3.63) is 68.9 Å². The monoisotopic (exact) mass is 554 g/mol. The van der Waals surface area contributed by atoms with Crippen LogP contribution in [0.25, 0.3) is 5.69 Å². The molecule has 0 bridgehead atoms. The summed E-state index contributed by atoms with van der Waals surface area (Å²) in [6.45, 7) is 3.49. The Bertz CT molecular complexity index is 1690. The molecule has 0 atom stereocenters. The number of fused-ring (bicyclic) bond motifs is 1. The average Bonchev–Trinajstić information content (AvgIpc) is 2.98. The first-order chi connectivity index (χ1) is 17.5. The first kappa shape index (κ1) is 26.5. The topological polar surface area (TPSA) is 132 Å². The summed E-state index contributed by atoms with van der Waals surface area (Å²) in [5, 5.41) is -0.304. The van der Waals surface area contributed by atoms with Crippen LogP contribution in [0.5, 0.6) is 0 Å². The van der Waals surface area contributed by atoms with Crippen LogP contribution in [0.4, 0.5) is 10.1 Å². The maximum absolute atomic E-state index is 14.9. The van der Waals surface area contributed by atoms with Gasteiger partial charge in [0.05, 0.1) is 16.8 Å². The summed E-state index contributed by atoms with van der Waals surface area (Å²) in [6, 6.07) is 1.96. The van der Waals surface area contributed by atoms with E-state index in [1.807, 2.05) is 0 Å². The molecule has 0 radical (unpaired) electrons. The van der Waals surface area contributed by atoms with Crippen LogP contribution in [0.2, 0.25) is 5.02 Å². The number of benzene rings is 1. The maximum atomic E-state index is 14.9. The molecule has 12 nitrogen and oxygen atoms in total. The van der Waals surface area contributed by atoms with Gasteiger partial charge in [0.25, 0.3) is 0 Å². The molecule has 3 aromatic rings. The van der Waals surface area contributed by atoms with Gasteiger partial charge in [-0.25, -0.2) is 42.1 Å². The van der Waals surface area contributed by atoms with E-state index in [1.165, 1.54) is 0 Å². The zero-order valence-electron chi connectivity index (χ0n) is 20.3. The first-order valence-corrected chi connectivity index (χ1v) is 12.7. The zero-order chi connectivity index (χ0) is 27.0. The second kappa shape index (κ2) is 10.5. The first-order valence-electron chi connectivity index (χ1n) is 11.5. The van der Waals surface area contributed by atoms with Crippen molar-refractivity contribution in [2.24, 2.45) is 12.0 Å². The summed E-state index contributed by atoms with van der Waals surface area (Å²) < 4.78 is 24.9. The minimum atomic E-state index is -1.16. The van der Waals surface area contributed by atoms with E-state index in [4.69, 9.17) is 16.3 Å². The highest BCUT2D eigenvalue weighted by Crippen LogP contribution is 2.27. The van der Waals surface area contributed by atoms with Crippen molar-refractivity contribution in [2.75, 3.05) is 0 Å². The number of nitrogens with zero attached hydrogens (tertiary/aromatic N) is 6. The highest BCUT2D eigenvalue weighted by molar-refractivity contribution is 7.06. The molecule has 198 valence electrons. The molecule has 0 fully saturated rings. The standard InChI is InChI=1S/C22H24ClFN6O6S/c1-12(2)36-17(31)11-27-19(32)26(3)20(33)30(21(27)34)16-10-15(14(24)9-13(16)23)25-18-28-7-5-4-6-8-29(28)22(35)37-18/h9-10,12H,4-8,11H2,1-3H3. The van der Waals surface area contributed by atoms with E-state index in [-0.39, 0.29) is 26.1 Å². The molecule has 15 heteroatoms. The van der Waals surface area contributed by atoms with Crippen LogP contribution in [0.1, 0.15) is 33.1 Å². The van der Waals surface area contributed by atoms with E-state index in [9.17, 15) is 28.4 Å². The lowest BCUT2D eigenvalue weighted by molar-refractivity contribution is -0.148. The van der Waals surface area contributed by atoms with E-state index < -0.39 is 41.5 Å². The Morgan fingerprint density at radius 1 is 1.08 bits per heavy atom. The number of rotatable bonds is 5. The summed E-state index contributed by atoms with van der Waals surface area (Å²) in [5.41, 5.74) is -3.77. The minimum Gasteiger partial charge on any atom is -0.462 e. The van der Waals surface area contributed by atoms with Gasteiger partial charge in [0, 0.05) is 20.1 Å². The zero-order valence-corrected chi connectivity index (χ0v) is 21.8. The molecular weight excluding hydrogens is 531 g/mol. The summed E-state index contributed by atoms with van der Waals surface area (Å²) >= 11 is 7.06. The molecule has 0 saturated heterocycles. The van der Waals surface area contributed by atoms with Crippen LogP contribution < -0.4 is 26.7 Å². The van der Waals surface area contributed by atoms with Crippen LogP contribution in [0, 0.1) is 5.82 Å². The second-order valence-electron chi connectivity index (χ2n) is 8.69. The van der Waals surface area contributed by atoms with Crippen molar-refractivity contribution in [3.63, 3.8) is 0 Å². The Balaban J connectivity index is 1.92. The van der Waals surface area contributed by atoms with Gasteiger partial charge in [-0.15, -0.1) is 0 Å². The van der Waals surface area contributed by atoms with Gasteiger partial charge in [-0.2, -0.15) is 0 Å². The van der Waals surface area contributed by atoms with E-state index in [0.717, 1.165) is 49.8 Å². The highest BCUT2D eigenvalue weighted by Gasteiger charge is 2.21. The Kier molecular flexibility index (Phi) is 7.50. The van der Waals surface area contributed by atoms with Gasteiger partial charge in [-0.3, -0.25) is 14.3 Å². The summed E-state index contributed by atoms with van der Waals surface area (Å²) in [7, 11) is 1.12. The molecule has 4 rings (SSSR count). The molecule has 37 heavy (non-hydrogen) atoms. The Labute approximate surface area is 217 Å². The maximum Gasteiger partial charge on any atom is 0.341 e. The molecule has 0 unspecified atom stereocenters. The van der Waals surface area contributed by atoms with Crippen molar-refractivity contribution < 1.29 is 13.9 Å². The second-order valence-corrected chi connectivity index (χ2v) is 10.0. The number of ether oxygens (including phenoxy) is 1. The Morgan fingerprint density at radius 2 is 1.76 bits per heavy atom. The number of hydrogen-bond acceptors (Lipinski definition) is 8. The Morgan fingerprint density at radius 3 is 2.43 bits per heavy atom. The molecule has 3 heterocycles. The van der Waals surface area contributed by atoms with Gasteiger partial charge in [-0.1, -0.05) is 11.6 Å². The minimum absolute atomic E-state index is 0.235. The summed E-state index contributed by atoms with van der Waals surface area (Å²) in [5.74, 6) is -1.71. The van der Waals surface area contributed by atoms with E-state index in [1.54, 1.807) is 23.2 Å². The van der Waals surface area contributed by atoms with Gasteiger partial charge in [-0.05, 0) is 56.6 Å². The SMILES string of the molecule is CC(C)OC(=O)Cn1c(=O)n(C)c(=O)n(-c2cc(N=c3sc(=O)n4n3CCCCC4)c(F)cc2Cl)c1=O. The smallest absolute Gasteiger partial charge is 0.341 e. The van der Waals surface area contributed by atoms with Crippen LogP contribution >= 0.6 is 22.9 Å². The lowest BCUT2D eigenvalue weighted by Gasteiger charge is -2.14. The normalized spacial score (nSPS) is 14.1. The fourth-order valence-electron chi connectivity index (χ4n) is 3.95. The van der Waals surface area contributed by atoms with E-state index >= 15 is 0 Å². The van der Waals surface area contributed by atoms with Crippen molar-refractivity contribution in [2.45, 2.75) is 58.8 Å². The molecule has 0 aliphatic carbocycles. The fourth-order valence-corrected chi connectivity index (χ4v) is 5.07. The van der Waals surface area contributed by atoms with Crippen LogP contribution in [0.3, 0.4) is 0 Å². The van der Waals surface area contributed by atoms with Gasteiger partial charge < -0.3 is 4.74 Å². The molecule has 1 aliphatic heterocycles. The molecule has 1 aliphatic rings. The lowest BCUT2D eigenvalue weighted by Crippen LogP contribution is -2.54. The van der Waals surface area contributed by atoms with E-state index in [0.29, 0.717) is 26.8 Å². The lowest BCUT2D eigenvalue weighted by atomic mass is 10.2. The third kappa shape index (κ3) is 5.16. The molecule has 0 spiro atoms. The van der Waals surface area contributed by atoms with Gasteiger partial charge in [0.1, 0.15) is 12.2 Å². The number of carbonyl (C=O) groups is 1.